The maximum atomic E-state index is 12.1. The zero-order chi connectivity index (χ0) is 23.9. The molecule has 0 fully saturated rings. The summed E-state index contributed by atoms with van der Waals surface area (Å²) in [5.74, 6) is -0.369. The highest BCUT2D eigenvalue weighted by Gasteiger charge is 2.19. The highest BCUT2D eigenvalue weighted by atomic mass is 16.3. The minimum atomic E-state index is -0.956. The van der Waals surface area contributed by atoms with Crippen molar-refractivity contribution in [2.75, 3.05) is 6.61 Å². The van der Waals surface area contributed by atoms with Crippen molar-refractivity contribution in [3.8, 4) is 0 Å². The van der Waals surface area contributed by atoms with Crippen LogP contribution in [-0.2, 0) is 4.79 Å². The minimum Gasteiger partial charge on any atom is -0.394 e. The van der Waals surface area contributed by atoms with Crippen molar-refractivity contribution in [1.29, 1.82) is 0 Å². The van der Waals surface area contributed by atoms with Crippen LogP contribution in [0.2, 0.25) is 0 Å². The predicted octanol–water partition coefficient (Wildman–Crippen LogP) is 5.36. The van der Waals surface area contributed by atoms with E-state index in [1.807, 2.05) is 12.2 Å². The SMILES string of the molecule is CCCCCC/C=C\CC(O)CC(=O)NC(CO)C(O)/C=C/CC/C=C/CCCCCC. The quantitative estimate of drug-likeness (QED) is 0.140. The fraction of sp³-hybridized carbons (Fsp3) is 0.741. The number of carbonyl (C=O) groups is 1. The Morgan fingerprint density at radius 2 is 1.34 bits per heavy atom. The number of aliphatic hydroxyl groups is 3. The Morgan fingerprint density at radius 3 is 1.94 bits per heavy atom. The van der Waals surface area contributed by atoms with Gasteiger partial charge in [0.2, 0.25) is 5.91 Å². The summed E-state index contributed by atoms with van der Waals surface area (Å²) in [6.07, 6.45) is 24.3. The number of unbranched alkanes of at least 4 members (excludes halogenated alkanes) is 9. The van der Waals surface area contributed by atoms with E-state index in [4.69, 9.17) is 0 Å². The molecule has 0 aliphatic carbocycles. The van der Waals surface area contributed by atoms with Gasteiger partial charge in [-0.3, -0.25) is 4.79 Å². The van der Waals surface area contributed by atoms with E-state index < -0.39 is 18.2 Å². The molecule has 0 radical (unpaired) electrons. The summed E-state index contributed by atoms with van der Waals surface area (Å²) in [6, 6.07) is -0.769. The zero-order valence-electron chi connectivity index (χ0n) is 20.6. The molecule has 0 bridgehead atoms. The van der Waals surface area contributed by atoms with Crippen LogP contribution in [0.15, 0.2) is 36.5 Å². The molecule has 0 aliphatic rings. The third kappa shape index (κ3) is 19.3. The highest BCUT2D eigenvalue weighted by molar-refractivity contribution is 5.76. The van der Waals surface area contributed by atoms with Gasteiger partial charge in [-0.05, 0) is 44.9 Å². The normalized spacial score (nSPS) is 15.0. The van der Waals surface area contributed by atoms with Crippen molar-refractivity contribution in [1.82, 2.24) is 5.32 Å². The smallest absolute Gasteiger partial charge is 0.223 e. The molecular weight excluding hydrogens is 402 g/mol. The number of hydrogen-bond donors (Lipinski definition) is 4. The lowest BCUT2D eigenvalue weighted by Crippen LogP contribution is -2.45. The molecule has 0 aromatic carbocycles. The monoisotopic (exact) mass is 451 g/mol. The van der Waals surface area contributed by atoms with Crippen LogP contribution in [0.4, 0.5) is 0 Å². The molecule has 0 heterocycles. The van der Waals surface area contributed by atoms with Crippen LogP contribution < -0.4 is 5.32 Å². The van der Waals surface area contributed by atoms with Crippen LogP contribution >= 0.6 is 0 Å². The van der Waals surface area contributed by atoms with Crippen LogP contribution in [-0.4, -0.2) is 46.1 Å². The Balaban J connectivity index is 4.05. The van der Waals surface area contributed by atoms with Crippen molar-refractivity contribution in [3.05, 3.63) is 36.5 Å². The van der Waals surface area contributed by atoms with Crippen molar-refractivity contribution < 1.29 is 20.1 Å². The summed E-state index contributed by atoms with van der Waals surface area (Å²) in [6.45, 7) is 4.04. The van der Waals surface area contributed by atoms with Crippen LogP contribution in [0.1, 0.15) is 104 Å². The summed E-state index contributed by atoms with van der Waals surface area (Å²) >= 11 is 0. The lowest BCUT2D eigenvalue weighted by molar-refractivity contribution is -0.124. The molecule has 0 spiro atoms. The molecule has 186 valence electrons. The number of nitrogens with one attached hydrogen (secondary N) is 1. The Morgan fingerprint density at radius 1 is 0.781 bits per heavy atom. The van der Waals surface area contributed by atoms with Crippen LogP contribution in [0.3, 0.4) is 0 Å². The molecule has 0 aromatic heterocycles. The van der Waals surface area contributed by atoms with Gasteiger partial charge in [-0.25, -0.2) is 0 Å². The summed E-state index contributed by atoms with van der Waals surface area (Å²) in [5, 5.41) is 32.4. The number of rotatable bonds is 21. The first-order valence-corrected chi connectivity index (χ1v) is 12.8. The van der Waals surface area contributed by atoms with Gasteiger partial charge in [-0.1, -0.05) is 88.8 Å². The fourth-order valence-electron chi connectivity index (χ4n) is 3.35. The van der Waals surface area contributed by atoms with Crippen molar-refractivity contribution in [2.45, 2.75) is 122 Å². The van der Waals surface area contributed by atoms with Gasteiger partial charge in [0, 0.05) is 0 Å². The first-order chi connectivity index (χ1) is 15.5. The molecule has 0 rings (SSSR count). The lowest BCUT2D eigenvalue weighted by atomic mass is 10.1. The number of hydrogen-bond acceptors (Lipinski definition) is 4. The molecule has 0 saturated heterocycles. The highest BCUT2D eigenvalue weighted by Crippen LogP contribution is 2.07. The molecule has 5 heteroatoms. The van der Waals surface area contributed by atoms with Gasteiger partial charge in [0.1, 0.15) is 0 Å². The number of carbonyl (C=O) groups excluding carboxylic acids is 1. The number of amides is 1. The van der Waals surface area contributed by atoms with Gasteiger partial charge in [0.05, 0.1) is 31.3 Å². The molecule has 32 heavy (non-hydrogen) atoms. The van der Waals surface area contributed by atoms with Gasteiger partial charge in [0.25, 0.3) is 0 Å². The van der Waals surface area contributed by atoms with Gasteiger partial charge >= 0.3 is 0 Å². The van der Waals surface area contributed by atoms with Crippen molar-refractivity contribution in [2.24, 2.45) is 0 Å². The van der Waals surface area contributed by atoms with Crippen molar-refractivity contribution >= 4 is 5.91 Å². The van der Waals surface area contributed by atoms with Crippen LogP contribution in [0.5, 0.6) is 0 Å². The van der Waals surface area contributed by atoms with E-state index in [0.717, 1.165) is 32.1 Å². The summed E-state index contributed by atoms with van der Waals surface area (Å²) < 4.78 is 0. The predicted molar refractivity (Wildman–Crippen MR) is 134 cm³/mol. The second kappa shape index (κ2) is 22.8. The molecule has 4 N–H and O–H groups in total. The van der Waals surface area contributed by atoms with E-state index in [0.29, 0.717) is 6.42 Å². The summed E-state index contributed by atoms with van der Waals surface area (Å²) in [4.78, 5) is 12.1. The van der Waals surface area contributed by atoms with Gasteiger partial charge in [0.15, 0.2) is 0 Å². The Labute approximate surface area is 196 Å². The first kappa shape index (κ1) is 30.6. The maximum Gasteiger partial charge on any atom is 0.223 e. The molecule has 0 aromatic rings. The van der Waals surface area contributed by atoms with E-state index in [1.165, 1.54) is 44.9 Å². The molecule has 0 saturated carbocycles. The first-order valence-electron chi connectivity index (χ1n) is 12.8. The third-order valence-corrected chi connectivity index (χ3v) is 5.40. The molecule has 3 unspecified atom stereocenters. The molecule has 5 nitrogen and oxygen atoms in total. The number of allylic oxidation sites excluding steroid dienone is 4. The van der Waals surface area contributed by atoms with Crippen LogP contribution in [0.25, 0.3) is 0 Å². The average Bonchev–Trinajstić information content (AvgIpc) is 2.77. The molecule has 0 aliphatic heterocycles. The standard InChI is InChI=1S/C27H49NO4/c1-3-5-7-9-11-12-13-15-17-19-21-26(31)25(23-29)28-27(32)22-24(30)20-18-16-14-10-8-6-4-2/h12-13,16,18-19,21,24-26,29-31H,3-11,14-15,17,20,22-23H2,1-2H3,(H,28,32)/b13-12+,18-16-,21-19+. The molecular formula is C27H49NO4. The molecule has 1 amide bonds. The maximum absolute atomic E-state index is 12.1. The van der Waals surface area contributed by atoms with Crippen LogP contribution in [0, 0.1) is 0 Å². The van der Waals surface area contributed by atoms with Gasteiger partial charge in [-0.2, -0.15) is 0 Å². The largest absolute Gasteiger partial charge is 0.394 e. The lowest BCUT2D eigenvalue weighted by Gasteiger charge is -2.20. The third-order valence-electron chi connectivity index (χ3n) is 5.40. The van der Waals surface area contributed by atoms with E-state index in [9.17, 15) is 20.1 Å². The van der Waals surface area contributed by atoms with E-state index in [-0.39, 0.29) is 18.9 Å². The minimum absolute atomic E-state index is 0.0455. The zero-order valence-corrected chi connectivity index (χ0v) is 20.6. The topological polar surface area (TPSA) is 89.8 Å². The second-order valence-corrected chi connectivity index (χ2v) is 8.59. The van der Waals surface area contributed by atoms with E-state index in [1.54, 1.807) is 6.08 Å². The Hall–Kier alpha value is -1.43. The van der Waals surface area contributed by atoms with Gasteiger partial charge in [-0.15, -0.1) is 0 Å². The fourth-order valence-corrected chi connectivity index (χ4v) is 3.35. The second-order valence-electron chi connectivity index (χ2n) is 8.59. The van der Waals surface area contributed by atoms with E-state index in [2.05, 4.69) is 37.4 Å². The van der Waals surface area contributed by atoms with Crippen molar-refractivity contribution in [3.63, 3.8) is 0 Å². The Kier molecular flexibility index (Phi) is 21.7. The Bertz CT molecular complexity index is 516. The summed E-state index contributed by atoms with van der Waals surface area (Å²) in [5.41, 5.74) is 0. The average molecular weight is 452 g/mol. The van der Waals surface area contributed by atoms with E-state index >= 15 is 0 Å². The van der Waals surface area contributed by atoms with Gasteiger partial charge < -0.3 is 20.6 Å². The summed E-state index contributed by atoms with van der Waals surface area (Å²) in [7, 11) is 0. The molecule has 3 atom stereocenters. The number of aliphatic hydroxyl groups excluding tert-OH is 3.